The Bertz CT molecular complexity index is 862. The summed E-state index contributed by atoms with van der Waals surface area (Å²) in [4.78, 5) is 0. The fourth-order valence-corrected chi connectivity index (χ4v) is 4.66. The van der Waals surface area contributed by atoms with Crippen molar-refractivity contribution in [3.05, 3.63) is 0 Å². The highest BCUT2D eigenvalue weighted by Crippen LogP contribution is 2.51. The van der Waals surface area contributed by atoms with Gasteiger partial charge in [-0.15, -0.1) is 0 Å². The van der Waals surface area contributed by atoms with Crippen molar-refractivity contribution in [2.45, 2.75) is 16.4 Å². The second-order valence-corrected chi connectivity index (χ2v) is 10.6. The van der Waals surface area contributed by atoms with Crippen LogP contribution in [0.1, 0.15) is 0 Å². The minimum Gasteiger partial charge on any atom is -0.281 e. The van der Waals surface area contributed by atoms with Crippen molar-refractivity contribution in [3.63, 3.8) is 0 Å². The molecule has 0 bridgehead atoms. The SMILES string of the molecule is CS(=O)(=O)N1CCN(S(=O)(=O)C(F)(F)C(F)(F)C(F)(F)S(=O)(=O)O)CC1. The Morgan fingerprint density at radius 1 is 0.731 bits per heavy atom. The minimum absolute atomic E-state index is 0.372. The number of halogens is 6. The summed E-state index contributed by atoms with van der Waals surface area (Å²) >= 11 is 0. The van der Waals surface area contributed by atoms with Gasteiger partial charge in [-0.25, -0.2) is 16.8 Å². The van der Waals surface area contributed by atoms with Gasteiger partial charge in [-0.2, -0.15) is 43.4 Å². The van der Waals surface area contributed by atoms with E-state index in [9.17, 15) is 51.6 Å². The quantitative estimate of drug-likeness (QED) is 0.424. The van der Waals surface area contributed by atoms with Gasteiger partial charge in [-0.3, -0.25) is 4.55 Å². The number of alkyl halides is 6. The van der Waals surface area contributed by atoms with Crippen molar-refractivity contribution in [3.8, 4) is 0 Å². The molecule has 18 heteroatoms. The molecule has 0 amide bonds. The number of nitrogens with zero attached hydrogens (tertiary/aromatic N) is 2. The number of sulfonamides is 2. The zero-order valence-corrected chi connectivity index (χ0v) is 15.1. The van der Waals surface area contributed by atoms with Crippen LogP contribution in [-0.2, 0) is 30.2 Å². The highest BCUT2D eigenvalue weighted by atomic mass is 32.2. The van der Waals surface area contributed by atoms with Crippen LogP contribution in [0.4, 0.5) is 26.3 Å². The second kappa shape index (κ2) is 6.43. The number of piperazine rings is 1. The van der Waals surface area contributed by atoms with E-state index in [1.165, 1.54) is 0 Å². The molecule has 9 nitrogen and oxygen atoms in total. The fourth-order valence-electron chi connectivity index (χ4n) is 1.90. The summed E-state index contributed by atoms with van der Waals surface area (Å²) in [6.07, 6.45) is 0.701. The maximum absolute atomic E-state index is 13.8. The Morgan fingerprint density at radius 2 is 1.08 bits per heavy atom. The van der Waals surface area contributed by atoms with E-state index in [1.54, 1.807) is 0 Å². The molecular formula is C8H12F6N2O7S3. The Kier molecular flexibility index (Phi) is 5.78. The first-order valence-electron chi connectivity index (χ1n) is 6.26. The summed E-state index contributed by atoms with van der Waals surface area (Å²) in [7, 11) is -17.5. The Hall–Kier alpha value is -0.690. The van der Waals surface area contributed by atoms with Gasteiger partial charge < -0.3 is 0 Å². The van der Waals surface area contributed by atoms with Crippen LogP contribution in [0.2, 0.25) is 0 Å². The van der Waals surface area contributed by atoms with Gasteiger partial charge >= 0.3 is 26.5 Å². The molecule has 1 rings (SSSR count). The summed E-state index contributed by atoms with van der Waals surface area (Å²) < 4.78 is 155. The van der Waals surface area contributed by atoms with Gasteiger partial charge in [0.15, 0.2) is 0 Å². The summed E-state index contributed by atoms with van der Waals surface area (Å²) in [6, 6.07) is 0. The van der Waals surface area contributed by atoms with Crippen molar-refractivity contribution in [1.29, 1.82) is 0 Å². The third kappa shape index (κ3) is 3.53. The third-order valence-corrected chi connectivity index (χ3v) is 7.54. The largest absolute Gasteiger partial charge is 0.439 e. The first-order chi connectivity index (χ1) is 11.2. The summed E-state index contributed by atoms with van der Waals surface area (Å²) in [5, 5.41) is -13.4. The zero-order valence-electron chi connectivity index (χ0n) is 12.6. The van der Waals surface area contributed by atoms with Crippen molar-refractivity contribution in [2.75, 3.05) is 32.4 Å². The zero-order chi connectivity index (χ0) is 21.0. The summed E-state index contributed by atoms with van der Waals surface area (Å²) in [5.74, 6) is -7.03. The lowest BCUT2D eigenvalue weighted by Gasteiger charge is -2.37. The van der Waals surface area contributed by atoms with Crippen LogP contribution in [0.5, 0.6) is 0 Å². The van der Waals surface area contributed by atoms with E-state index < -0.39 is 72.8 Å². The molecule has 0 unspecified atom stereocenters. The maximum atomic E-state index is 13.8. The molecule has 1 aliphatic rings. The molecular weight excluding hydrogens is 446 g/mol. The van der Waals surface area contributed by atoms with Gasteiger partial charge in [-0.05, 0) is 0 Å². The van der Waals surface area contributed by atoms with Crippen LogP contribution in [0.25, 0.3) is 0 Å². The summed E-state index contributed by atoms with van der Waals surface area (Å²) in [5.41, 5.74) is 0. The first-order valence-corrected chi connectivity index (χ1v) is 11.0. The van der Waals surface area contributed by atoms with Crippen LogP contribution in [0.3, 0.4) is 0 Å². The van der Waals surface area contributed by atoms with Crippen molar-refractivity contribution < 1.29 is 56.1 Å². The van der Waals surface area contributed by atoms with E-state index in [0.29, 0.717) is 10.6 Å². The predicted octanol–water partition coefficient (Wildman–Crippen LogP) is -0.398. The average molecular weight is 458 g/mol. The van der Waals surface area contributed by atoms with Crippen LogP contribution < -0.4 is 0 Å². The van der Waals surface area contributed by atoms with Gasteiger partial charge in [0.1, 0.15) is 0 Å². The van der Waals surface area contributed by atoms with Gasteiger partial charge in [0.05, 0.1) is 6.26 Å². The molecule has 0 saturated carbocycles. The smallest absolute Gasteiger partial charge is 0.281 e. The Balaban J connectivity index is 3.27. The van der Waals surface area contributed by atoms with Gasteiger partial charge in [0.25, 0.3) is 10.0 Å². The lowest BCUT2D eigenvalue weighted by molar-refractivity contribution is -0.246. The molecule has 26 heavy (non-hydrogen) atoms. The van der Waals surface area contributed by atoms with Crippen LogP contribution in [0, 0.1) is 0 Å². The molecule has 0 atom stereocenters. The van der Waals surface area contributed by atoms with Gasteiger partial charge in [0.2, 0.25) is 10.0 Å². The first kappa shape index (κ1) is 23.3. The highest BCUT2D eigenvalue weighted by Gasteiger charge is 2.82. The predicted molar refractivity (Wildman–Crippen MR) is 73.3 cm³/mol. The number of hydrogen-bond acceptors (Lipinski definition) is 6. The molecule has 0 radical (unpaired) electrons. The fraction of sp³-hybridized carbons (Fsp3) is 1.00. The van der Waals surface area contributed by atoms with Crippen LogP contribution in [-0.4, -0.2) is 87.3 Å². The maximum Gasteiger partial charge on any atom is 0.439 e. The van der Waals surface area contributed by atoms with Crippen LogP contribution >= 0.6 is 0 Å². The standard InChI is InChI=1S/C8H12F6N2O7S3/c1-24(17,18)15-2-4-16(5-3-15)25(19,20)7(11,12)6(9,10)8(13,14)26(21,22)23/h2-5H2,1H3,(H,21,22,23). The average Bonchev–Trinajstić information content (AvgIpc) is 2.44. The van der Waals surface area contributed by atoms with Gasteiger partial charge in [-0.1, -0.05) is 0 Å². The van der Waals surface area contributed by atoms with E-state index in [0.717, 1.165) is 0 Å². The monoisotopic (exact) mass is 458 g/mol. The van der Waals surface area contributed by atoms with E-state index in [-0.39, 0.29) is 4.31 Å². The van der Waals surface area contributed by atoms with Crippen molar-refractivity contribution >= 4 is 30.2 Å². The van der Waals surface area contributed by atoms with Crippen molar-refractivity contribution in [1.82, 2.24) is 8.61 Å². The molecule has 0 aromatic rings. The highest BCUT2D eigenvalue weighted by molar-refractivity contribution is 7.90. The third-order valence-electron chi connectivity index (χ3n) is 3.39. The summed E-state index contributed by atoms with van der Waals surface area (Å²) in [6.45, 7) is -3.60. The molecule has 0 aromatic carbocycles. The van der Waals surface area contributed by atoms with Gasteiger partial charge in [0, 0.05) is 26.2 Å². The minimum atomic E-state index is -7.10. The van der Waals surface area contributed by atoms with E-state index in [4.69, 9.17) is 4.55 Å². The Labute approximate surface area is 144 Å². The van der Waals surface area contributed by atoms with E-state index >= 15 is 0 Å². The van der Waals surface area contributed by atoms with E-state index in [1.807, 2.05) is 0 Å². The molecule has 0 aromatic heterocycles. The number of rotatable bonds is 6. The molecule has 1 fully saturated rings. The molecule has 156 valence electrons. The number of hydrogen-bond donors (Lipinski definition) is 1. The van der Waals surface area contributed by atoms with E-state index in [2.05, 4.69) is 0 Å². The lowest BCUT2D eigenvalue weighted by Crippen LogP contribution is -2.64. The Morgan fingerprint density at radius 3 is 1.38 bits per heavy atom. The molecule has 1 heterocycles. The molecule has 1 aliphatic heterocycles. The second-order valence-electron chi connectivity index (χ2n) is 5.15. The normalized spacial score (nSPS) is 20.3. The topological polar surface area (TPSA) is 129 Å². The van der Waals surface area contributed by atoms with Crippen LogP contribution in [0.15, 0.2) is 0 Å². The lowest BCUT2D eigenvalue weighted by atomic mass is 10.3. The molecule has 1 N–H and O–H groups in total. The van der Waals surface area contributed by atoms with Crippen molar-refractivity contribution in [2.24, 2.45) is 0 Å². The molecule has 1 saturated heterocycles. The molecule has 0 spiro atoms. The molecule has 0 aliphatic carbocycles.